The van der Waals surface area contributed by atoms with Gasteiger partial charge < -0.3 is 14.5 Å². The van der Waals surface area contributed by atoms with E-state index in [9.17, 15) is 4.79 Å². The normalized spacial score (nSPS) is 19.1. The zero-order valence-corrected chi connectivity index (χ0v) is 18.0. The molecule has 1 fully saturated rings. The van der Waals surface area contributed by atoms with Gasteiger partial charge in [0.2, 0.25) is 11.9 Å². The highest BCUT2D eigenvalue weighted by molar-refractivity contribution is 5.78. The van der Waals surface area contributed by atoms with Gasteiger partial charge >= 0.3 is 0 Å². The number of carbonyl (C=O) groups excluding carboxylic acids is 1. The van der Waals surface area contributed by atoms with E-state index < -0.39 is 0 Å². The van der Waals surface area contributed by atoms with Crippen LogP contribution in [0, 0.1) is 0 Å². The van der Waals surface area contributed by atoms with Crippen LogP contribution >= 0.6 is 0 Å². The molecule has 1 saturated heterocycles. The molecule has 0 N–H and O–H groups in total. The predicted octanol–water partition coefficient (Wildman–Crippen LogP) is 2.76. The first-order chi connectivity index (χ1) is 15.8. The molecular formula is C25H27N5O2. The zero-order valence-electron chi connectivity index (χ0n) is 18.0. The van der Waals surface area contributed by atoms with Crippen LogP contribution in [0.4, 0.5) is 5.95 Å². The van der Waals surface area contributed by atoms with Gasteiger partial charge in [-0.15, -0.1) is 0 Å². The van der Waals surface area contributed by atoms with Crippen molar-refractivity contribution in [1.29, 1.82) is 0 Å². The van der Waals surface area contributed by atoms with E-state index in [2.05, 4.69) is 38.0 Å². The summed E-state index contributed by atoms with van der Waals surface area (Å²) in [5, 5.41) is 0. The summed E-state index contributed by atoms with van der Waals surface area (Å²) in [6.45, 7) is 4.59. The monoisotopic (exact) mass is 429 g/mol. The predicted molar refractivity (Wildman–Crippen MR) is 122 cm³/mol. The number of ether oxygens (including phenoxy) is 1. The second-order valence-corrected chi connectivity index (χ2v) is 8.21. The fourth-order valence-electron chi connectivity index (χ4n) is 4.34. The number of hydrogen-bond acceptors (Lipinski definition) is 6. The summed E-state index contributed by atoms with van der Waals surface area (Å²) in [5.41, 5.74) is 2.24. The summed E-state index contributed by atoms with van der Waals surface area (Å²) in [6, 6.07) is 20.2. The van der Waals surface area contributed by atoms with Crippen molar-refractivity contribution in [3.8, 4) is 5.75 Å². The number of piperazine rings is 1. The lowest BCUT2D eigenvalue weighted by molar-refractivity contribution is -0.133. The molecule has 0 bridgehead atoms. The molecular weight excluding hydrogens is 402 g/mol. The van der Waals surface area contributed by atoms with Crippen molar-refractivity contribution in [2.24, 2.45) is 0 Å². The van der Waals surface area contributed by atoms with E-state index in [1.807, 2.05) is 47.4 Å². The molecule has 5 rings (SSSR count). The SMILES string of the molecule is O=C(CN1Cc2ccccc2OC(c2ccccc2)C1)N1CCN(c2ncccn2)CC1. The first kappa shape index (κ1) is 20.5. The van der Waals surface area contributed by atoms with Crippen LogP contribution in [0.15, 0.2) is 73.1 Å². The van der Waals surface area contributed by atoms with Gasteiger partial charge in [-0.3, -0.25) is 9.69 Å². The molecule has 0 spiro atoms. The molecule has 0 radical (unpaired) electrons. The van der Waals surface area contributed by atoms with Gasteiger partial charge in [0.1, 0.15) is 11.9 Å². The van der Waals surface area contributed by atoms with Gasteiger partial charge in [-0.2, -0.15) is 0 Å². The Hall–Kier alpha value is -3.45. The minimum absolute atomic E-state index is 0.111. The number of fused-ring (bicyclic) bond motifs is 1. The Kier molecular flexibility index (Phi) is 5.98. The lowest BCUT2D eigenvalue weighted by Crippen LogP contribution is -2.51. The Labute approximate surface area is 188 Å². The molecule has 2 aliphatic heterocycles. The van der Waals surface area contributed by atoms with Crippen molar-refractivity contribution in [2.45, 2.75) is 12.6 Å². The fraction of sp³-hybridized carbons (Fsp3) is 0.320. The third-order valence-electron chi connectivity index (χ3n) is 6.06. The quantitative estimate of drug-likeness (QED) is 0.636. The maximum absolute atomic E-state index is 13.2. The summed E-state index contributed by atoms with van der Waals surface area (Å²) < 4.78 is 6.38. The van der Waals surface area contributed by atoms with Crippen molar-refractivity contribution in [3.05, 3.63) is 84.2 Å². The van der Waals surface area contributed by atoms with Gasteiger partial charge in [-0.25, -0.2) is 9.97 Å². The average Bonchev–Trinajstić information content (AvgIpc) is 3.04. The Balaban J connectivity index is 1.26. The molecule has 164 valence electrons. The minimum Gasteiger partial charge on any atom is -0.484 e. The van der Waals surface area contributed by atoms with Crippen molar-refractivity contribution in [2.75, 3.05) is 44.2 Å². The number of para-hydroxylation sites is 1. The van der Waals surface area contributed by atoms with Crippen LogP contribution in [0.1, 0.15) is 17.2 Å². The molecule has 32 heavy (non-hydrogen) atoms. The van der Waals surface area contributed by atoms with Crippen LogP contribution in [-0.2, 0) is 11.3 Å². The summed E-state index contributed by atoms with van der Waals surface area (Å²) in [7, 11) is 0. The van der Waals surface area contributed by atoms with E-state index in [4.69, 9.17) is 4.74 Å². The van der Waals surface area contributed by atoms with Crippen LogP contribution in [0.5, 0.6) is 5.75 Å². The molecule has 3 heterocycles. The highest BCUT2D eigenvalue weighted by atomic mass is 16.5. The van der Waals surface area contributed by atoms with E-state index in [0.29, 0.717) is 32.7 Å². The van der Waals surface area contributed by atoms with Gasteiger partial charge in [0.15, 0.2) is 0 Å². The number of nitrogens with zero attached hydrogens (tertiary/aromatic N) is 5. The molecule has 1 atom stereocenters. The first-order valence-corrected chi connectivity index (χ1v) is 11.1. The first-order valence-electron chi connectivity index (χ1n) is 11.1. The standard InChI is InChI=1S/C25H27N5O2/c31-24(29-13-15-30(16-14-29)25-26-11-6-12-27-25)19-28-17-21-9-4-5-10-22(21)32-23(18-28)20-7-2-1-3-8-20/h1-12,23H,13-19H2. The highest BCUT2D eigenvalue weighted by Crippen LogP contribution is 2.31. The van der Waals surface area contributed by atoms with Gasteiger partial charge in [0.05, 0.1) is 6.54 Å². The van der Waals surface area contributed by atoms with Gasteiger partial charge in [0, 0.05) is 57.2 Å². The topological polar surface area (TPSA) is 61.8 Å². The molecule has 2 aromatic carbocycles. The molecule has 7 heteroatoms. The highest BCUT2D eigenvalue weighted by Gasteiger charge is 2.28. The van der Waals surface area contributed by atoms with Crippen LogP contribution in [0.25, 0.3) is 0 Å². The summed E-state index contributed by atoms with van der Waals surface area (Å²) >= 11 is 0. The summed E-state index contributed by atoms with van der Waals surface area (Å²) in [5.74, 6) is 1.78. The van der Waals surface area contributed by atoms with Crippen molar-refractivity contribution in [1.82, 2.24) is 19.8 Å². The lowest BCUT2D eigenvalue weighted by atomic mass is 10.1. The van der Waals surface area contributed by atoms with Crippen molar-refractivity contribution in [3.63, 3.8) is 0 Å². The van der Waals surface area contributed by atoms with Crippen LogP contribution in [0.3, 0.4) is 0 Å². The number of benzene rings is 2. The maximum atomic E-state index is 13.2. The van der Waals surface area contributed by atoms with Crippen LogP contribution in [-0.4, -0.2) is 64.9 Å². The number of aromatic nitrogens is 2. The van der Waals surface area contributed by atoms with Crippen LogP contribution < -0.4 is 9.64 Å². The van der Waals surface area contributed by atoms with Gasteiger partial charge in [-0.1, -0.05) is 48.5 Å². The Morgan fingerprint density at radius 3 is 2.41 bits per heavy atom. The number of amides is 1. The van der Waals surface area contributed by atoms with E-state index in [-0.39, 0.29) is 12.0 Å². The third kappa shape index (κ3) is 4.57. The molecule has 0 aliphatic carbocycles. The smallest absolute Gasteiger partial charge is 0.236 e. The number of hydrogen-bond donors (Lipinski definition) is 0. The zero-order chi connectivity index (χ0) is 21.8. The van der Waals surface area contributed by atoms with Gasteiger partial charge in [0.25, 0.3) is 0 Å². The molecule has 0 saturated carbocycles. The minimum atomic E-state index is -0.111. The molecule has 1 amide bonds. The summed E-state index contributed by atoms with van der Waals surface area (Å²) in [4.78, 5) is 28.1. The molecule has 1 aromatic heterocycles. The average molecular weight is 430 g/mol. The van der Waals surface area contributed by atoms with Crippen molar-refractivity contribution >= 4 is 11.9 Å². The van der Waals surface area contributed by atoms with E-state index in [1.165, 1.54) is 0 Å². The van der Waals surface area contributed by atoms with Crippen molar-refractivity contribution < 1.29 is 9.53 Å². The maximum Gasteiger partial charge on any atom is 0.236 e. The Bertz CT molecular complexity index is 1040. The van der Waals surface area contributed by atoms with E-state index in [1.54, 1.807) is 12.4 Å². The fourth-order valence-corrected chi connectivity index (χ4v) is 4.34. The third-order valence-corrected chi connectivity index (χ3v) is 6.06. The van der Waals surface area contributed by atoms with Crippen LogP contribution in [0.2, 0.25) is 0 Å². The molecule has 2 aliphatic rings. The van der Waals surface area contributed by atoms with E-state index in [0.717, 1.165) is 35.9 Å². The second kappa shape index (κ2) is 9.36. The largest absolute Gasteiger partial charge is 0.484 e. The Morgan fingerprint density at radius 2 is 1.62 bits per heavy atom. The van der Waals surface area contributed by atoms with E-state index >= 15 is 0 Å². The van der Waals surface area contributed by atoms with Gasteiger partial charge in [-0.05, 0) is 17.7 Å². The molecule has 1 unspecified atom stereocenters. The second-order valence-electron chi connectivity index (χ2n) is 8.21. The molecule has 7 nitrogen and oxygen atoms in total. The Morgan fingerprint density at radius 1 is 0.906 bits per heavy atom. The number of anilines is 1. The number of carbonyl (C=O) groups is 1. The molecule has 3 aromatic rings. The summed E-state index contributed by atoms with van der Waals surface area (Å²) in [6.07, 6.45) is 3.39. The lowest BCUT2D eigenvalue weighted by Gasteiger charge is -2.35. The number of rotatable bonds is 4.